The molecule has 0 aliphatic carbocycles. The normalized spacial score (nSPS) is 10.1. The average molecular weight is 1940 g/mol. The predicted molar refractivity (Wildman–Crippen MR) is 351 cm³/mol. The van der Waals surface area contributed by atoms with Gasteiger partial charge < -0.3 is 18.3 Å². The molecule has 0 atom stereocenters. The molecule has 0 amide bonds. The molecule has 0 unspecified atom stereocenters. The van der Waals surface area contributed by atoms with Crippen LogP contribution in [0.1, 0.15) is 73.1 Å². The Morgan fingerprint density at radius 1 is 0.468 bits per heavy atom. The van der Waals surface area contributed by atoms with Crippen LogP contribution < -0.4 is 0 Å². The minimum absolute atomic E-state index is 0. The zero-order valence-electron chi connectivity index (χ0n) is 52.0. The standard InChI is InChI=1S/C22H17N4.2C18H15N4.C16H11N4.4Ir/c1-15(2)21-24-25-22(26(21)20-12-10-19(23-3)11-13-20)18-9-8-16-6-4-5-7-17(16)14-18;1-12-7-5-8-13(2)17(12)22-14(3)20-21-18(22)15-9-6-10-16(11-15)19-4;1-3-9-17-20-21-18(15-12-7-8-13-16(15)19-2)22(17)14-10-5-4-6-11-14;1-12-18-19-16(14-9-7-13(11-17)8-10-14)20(12)15-5-3-2-4-6-15;;;;/h4-8,10-15H,1-2H3;5-8,10-11H,1-3H3;4-8,10-11,13H,3,9H2,1H3;2-9H,1H3;;;;/q4*-1;;;;. The molecule has 20 heteroatoms. The largest absolute Gasteiger partial charge is 0.320 e. The maximum Gasteiger partial charge on any atom is 0.236 e. The number of aromatic nitrogens is 12. The summed E-state index contributed by atoms with van der Waals surface area (Å²) in [5.41, 5.74) is 11.8. The second-order valence-corrected chi connectivity index (χ2v) is 20.9. The van der Waals surface area contributed by atoms with E-state index in [1.807, 2.05) is 149 Å². The third kappa shape index (κ3) is 16.8. The van der Waals surface area contributed by atoms with Gasteiger partial charge in [-0.1, -0.05) is 123 Å². The first-order valence-corrected chi connectivity index (χ1v) is 28.9. The van der Waals surface area contributed by atoms with E-state index >= 15 is 0 Å². The van der Waals surface area contributed by atoms with Crippen LogP contribution >= 0.6 is 0 Å². The molecule has 94 heavy (non-hydrogen) atoms. The van der Waals surface area contributed by atoms with Crippen molar-refractivity contribution in [3.63, 3.8) is 0 Å². The fourth-order valence-corrected chi connectivity index (χ4v) is 10.1. The van der Waals surface area contributed by atoms with E-state index in [9.17, 15) is 0 Å². The Hall–Kier alpha value is -9.64. The third-order valence-corrected chi connectivity index (χ3v) is 14.4. The quantitative estimate of drug-likeness (QED) is 0.115. The Kier molecular flexibility index (Phi) is 27.2. The zero-order valence-corrected chi connectivity index (χ0v) is 61.5. The van der Waals surface area contributed by atoms with Crippen molar-refractivity contribution in [2.24, 2.45) is 0 Å². The number of nitriles is 1. The maximum atomic E-state index is 8.83. The van der Waals surface area contributed by atoms with Gasteiger partial charge in [0.25, 0.3) is 0 Å². The molecule has 0 saturated heterocycles. The number of hydrogen-bond acceptors (Lipinski definition) is 9. The van der Waals surface area contributed by atoms with Crippen LogP contribution in [0.2, 0.25) is 0 Å². The molecule has 4 heterocycles. The van der Waals surface area contributed by atoms with E-state index in [2.05, 4.69) is 155 Å². The molecular weight excluding hydrogens is 1880 g/mol. The van der Waals surface area contributed by atoms with Gasteiger partial charge in [0, 0.05) is 122 Å². The summed E-state index contributed by atoms with van der Waals surface area (Å²) in [6.45, 7) is 36.0. The van der Waals surface area contributed by atoms with E-state index in [0.29, 0.717) is 39.8 Å². The van der Waals surface area contributed by atoms with Crippen molar-refractivity contribution < 1.29 is 80.4 Å². The number of benzene rings is 9. The summed E-state index contributed by atoms with van der Waals surface area (Å²) in [6, 6.07) is 76.6. The van der Waals surface area contributed by atoms with Crippen molar-refractivity contribution in [2.45, 2.75) is 67.2 Å². The summed E-state index contributed by atoms with van der Waals surface area (Å²) in [7, 11) is 0. The van der Waals surface area contributed by atoms with Gasteiger partial charge in [-0.05, 0) is 92.8 Å². The molecule has 0 N–H and O–H groups in total. The Bertz CT molecular complexity index is 4800. The van der Waals surface area contributed by atoms with E-state index < -0.39 is 0 Å². The van der Waals surface area contributed by atoms with Crippen molar-refractivity contribution in [3.05, 3.63) is 293 Å². The summed E-state index contributed by atoms with van der Waals surface area (Å²) in [4.78, 5) is 10.5. The third-order valence-electron chi connectivity index (χ3n) is 14.4. The van der Waals surface area contributed by atoms with Crippen LogP contribution in [0.15, 0.2) is 194 Å². The number of aryl methyl sites for hydroxylation is 5. The van der Waals surface area contributed by atoms with Gasteiger partial charge in [-0.15, -0.1) is 121 Å². The molecule has 4 radical (unpaired) electrons. The van der Waals surface area contributed by atoms with Gasteiger partial charge >= 0.3 is 0 Å². The zero-order chi connectivity index (χ0) is 63.1. The second-order valence-electron chi connectivity index (χ2n) is 20.9. The van der Waals surface area contributed by atoms with E-state index in [4.69, 9.17) is 25.0 Å². The van der Waals surface area contributed by atoms with Gasteiger partial charge in [-0.25, -0.2) is 10.1 Å². The summed E-state index contributed by atoms with van der Waals surface area (Å²) in [5, 5.41) is 45.5. The van der Waals surface area contributed by atoms with Crippen LogP contribution in [0.4, 0.5) is 17.1 Å². The molecule has 0 aliphatic heterocycles. The van der Waals surface area contributed by atoms with Crippen molar-refractivity contribution in [2.75, 3.05) is 0 Å². The number of nitrogens with zero attached hydrogens (tertiary/aromatic N) is 16. The van der Waals surface area contributed by atoms with Crippen molar-refractivity contribution in [3.8, 4) is 74.4 Å². The minimum atomic E-state index is 0. The summed E-state index contributed by atoms with van der Waals surface area (Å²) in [6.07, 6.45) is 1.82. The predicted octanol–water partition coefficient (Wildman–Crippen LogP) is 16.9. The maximum absolute atomic E-state index is 8.83. The summed E-state index contributed by atoms with van der Waals surface area (Å²) in [5.74, 6) is 6.49. The Labute approximate surface area is 601 Å². The molecule has 0 bridgehead atoms. The van der Waals surface area contributed by atoms with Crippen LogP contribution in [0.5, 0.6) is 0 Å². The SMILES string of the molecule is Cc1nnc(-c2[c-]cc(C#N)cc2)n1-c1ccccc1.[C-]#[N+]c1cc[c-]c(-c2nnc(C)n2-c2c(C)cccc2C)c1.[C-]#[N+]c1ccc(-n2c(-c3[c-]cc4ccccc4c3)nnc2C(C)C)cc1.[C-]#[N+]c1ccc[c-]c1-c1nnc(CCC)n1-c1ccccc1.[Ir].[Ir].[Ir].[Ir]. The molecule has 0 aliphatic rings. The molecule has 9 aromatic carbocycles. The second kappa shape index (κ2) is 34.9. The van der Waals surface area contributed by atoms with Crippen LogP contribution in [0.25, 0.3) is 93.6 Å². The number of para-hydroxylation sites is 3. The Balaban J connectivity index is 0.000000197. The van der Waals surface area contributed by atoms with Gasteiger partial charge in [-0.3, -0.25) is 4.85 Å². The van der Waals surface area contributed by atoms with Crippen molar-refractivity contribution >= 4 is 27.8 Å². The molecule has 4 aromatic heterocycles. The van der Waals surface area contributed by atoms with Crippen LogP contribution in [0.3, 0.4) is 0 Å². The number of hydrogen-bond donors (Lipinski definition) is 0. The van der Waals surface area contributed by atoms with Gasteiger partial charge in [0.15, 0.2) is 5.69 Å². The van der Waals surface area contributed by atoms with Crippen LogP contribution in [-0.2, 0) is 86.8 Å². The fraction of sp³-hybridized carbons (Fsp3) is 0.135. The van der Waals surface area contributed by atoms with Crippen molar-refractivity contribution in [1.82, 2.24) is 59.1 Å². The van der Waals surface area contributed by atoms with Gasteiger partial charge in [0.1, 0.15) is 35.6 Å². The number of rotatable bonds is 11. The first-order valence-electron chi connectivity index (χ1n) is 28.9. The summed E-state index contributed by atoms with van der Waals surface area (Å²) < 4.78 is 8.07. The molecule has 0 saturated carbocycles. The fourth-order valence-electron chi connectivity index (χ4n) is 10.1. The van der Waals surface area contributed by atoms with Crippen LogP contribution in [-0.4, -0.2) is 59.1 Å². The average Bonchev–Trinajstić information content (AvgIpc) is 1.61. The van der Waals surface area contributed by atoms with E-state index in [0.717, 1.165) is 109 Å². The van der Waals surface area contributed by atoms with Gasteiger partial charge in [-0.2, -0.15) is 31.3 Å². The first kappa shape index (κ1) is 73.4. The summed E-state index contributed by atoms with van der Waals surface area (Å²) >= 11 is 0. The molecule has 0 spiro atoms. The van der Waals surface area contributed by atoms with Gasteiger partial charge in [0.2, 0.25) is 5.69 Å². The molecular formula is C74H58Ir4N16-4. The number of fused-ring (bicyclic) bond motifs is 1. The van der Waals surface area contributed by atoms with E-state index in [1.54, 1.807) is 42.5 Å². The van der Waals surface area contributed by atoms with E-state index in [1.165, 1.54) is 0 Å². The monoisotopic (exact) mass is 1940 g/mol. The van der Waals surface area contributed by atoms with E-state index in [-0.39, 0.29) is 86.3 Å². The Morgan fingerprint density at radius 2 is 1.03 bits per heavy atom. The molecule has 13 rings (SSSR count). The molecule has 13 aromatic rings. The molecule has 16 nitrogen and oxygen atoms in total. The van der Waals surface area contributed by atoms with Crippen molar-refractivity contribution in [1.29, 1.82) is 5.26 Å². The van der Waals surface area contributed by atoms with Gasteiger partial charge in [0.05, 0.1) is 36.4 Å². The first-order chi connectivity index (χ1) is 43.9. The smallest absolute Gasteiger partial charge is 0.236 e. The molecule has 474 valence electrons. The van der Waals surface area contributed by atoms with Crippen LogP contribution in [0, 0.1) is 83.0 Å². The Morgan fingerprint density at radius 3 is 1.64 bits per heavy atom. The minimum Gasteiger partial charge on any atom is -0.320 e. The topological polar surface area (TPSA) is 160 Å². The molecule has 0 fully saturated rings.